The summed E-state index contributed by atoms with van der Waals surface area (Å²) >= 11 is 0. The van der Waals surface area contributed by atoms with Crippen molar-refractivity contribution in [1.29, 1.82) is 5.41 Å². The van der Waals surface area contributed by atoms with Crippen molar-refractivity contribution >= 4 is 17.4 Å². The van der Waals surface area contributed by atoms with Crippen LogP contribution in [0.5, 0.6) is 5.75 Å². The van der Waals surface area contributed by atoms with Crippen molar-refractivity contribution in [3.63, 3.8) is 0 Å². The second kappa shape index (κ2) is 7.98. The standard InChI is InChI=1S/C25H34N4O2/c1-8-27-20-10-9-15-13-29(23(26)21(15)28-20)14-19(30)16-11-17(24(2,3)4)22(31)18(12-16)25(5,6)7/h9-12,26,31H,8,13-14H2,1-7H3,(H,27,28). The zero-order chi connectivity index (χ0) is 23.1. The zero-order valence-corrected chi connectivity index (χ0v) is 19.7. The van der Waals surface area contributed by atoms with Crippen LogP contribution in [-0.4, -0.2) is 39.7 Å². The maximum Gasteiger partial charge on any atom is 0.182 e. The van der Waals surface area contributed by atoms with E-state index < -0.39 is 0 Å². The fourth-order valence-corrected chi connectivity index (χ4v) is 3.87. The summed E-state index contributed by atoms with van der Waals surface area (Å²) in [6.07, 6.45) is 0. The second-order valence-corrected chi connectivity index (χ2v) is 10.3. The molecule has 166 valence electrons. The van der Waals surface area contributed by atoms with Crippen molar-refractivity contribution in [3.05, 3.63) is 52.2 Å². The average Bonchev–Trinajstić information content (AvgIpc) is 2.95. The summed E-state index contributed by atoms with van der Waals surface area (Å²) in [6.45, 7) is 15.5. The van der Waals surface area contributed by atoms with Gasteiger partial charge in [0.05, 0.1) is 6.54 Å². The summed E-state index contributed by atoms with van der Waals surface area (Å²) in [4.78, 5) is 19.6. The van der Waals surface area contributed by atoms with E-state index in [4.69, 9.17) is 5.41 Å². The van der Waals surface area contributed by atoms with Gasteiger partial charge in [0, 0.05) is 35.3 Å². The van der Waals surface area contributed by atoms with Gasteiger partial charge in [-0.15, -0.1) is 0 Å². The van der Waals surface area contributed by atoms with Crippen LogP contribution in [-0.2, 0) is 17.4 Å². The number of phenols is 1. The highest BCUT2D eigenvalue weighted by atomic mass is 16.3. The fraction of sp³-hybridized carbons (Fsp3) is 0.480. The minimum atomic E-state index is -0.302. The summed E-state index contributed by atoms with van der Waals surface area (Å²) in [6, 6.07) is 7.49. The van der Waals surface area contributed by atoms with Crippen LogP contribution in [0.15, 0.2) is 24.3 Å². The van der Waals surface area contributed by atoms with Crippen molar-refractivity contribution in [2.75, 3.05) is 18.4 Å². The topological polar surface area (TPSA) is 89.3 Å². The Balaban J connectivity index is 1.91. The third-order valence-electron chi connectivity index (χ3n) is 5.62. The van der Waals surface area contributed by atoms with Crippen molar-refractivity contribution in [2.45, 2.75) is 65.8 Å². The minimum absolute atomic E-state index is 0.0690. The SMILES string of the molecule is CCNc1ccc2c(n1)C(=N)N(CC(=O)c1cc(C(C)(C)C)c(O)c(C(C)(C)C)c1)C2. The number of rotatable bonds is 5. The van der Waals surface area contributed by atoms with Gasteiger partial charge >= 0.3 is 0 Å². The smallest absolute Gasteiger partial charge is 0.182 e. The Hall–Kier alpha value is -2.89. The molecule has 6 heteroatoms. The van der Waals surface area contributed by atoms with Crippen LogP contribution >= 0.6 is 0 Å². The van der Waals surface area contributed by atoms with Crippen LogP contribution in [0, 0.1) is 5.41 Å². The zero-order valence-electron chi connectivity index (χ0n) is 19.7. The fourth-order valence-electron chi connectivity index (χ4n) is 3.87. The number of aromatic nitrogens is 1. The van der Waals surface area contributed by atoms with Crippen molar-refractivity contribution < 1.29 is 9.90 Å². The third kappa shape index (κ3) is 4.58. The highest BCUT2D eigenvalue weighted by molar-refractivity contribution is 6.04. The van der Waals surface area contributed by atoms with Gasteiger partial charge < -0.3 is 15.3 Å². The number of nitrogens with zero attached hydrogens (tertiary/aromatic N) is 2. The molecule has 0 unspecified atom stereocenters. The van der Waals surface area contributed by atoms with Crippen LogP contribution in [0.2, 0.25) is 0 Å². The van der Waals surface area contributed by atoms with Gasteiger partial charge in [-0.05, 0) is 36.0 Å². The number of nitrogens with one attached hydrogen (secondary N) is 2. The molecule has 0 saturated heterocycles. The number of carbonyl (C=O) groups excluding carboxylic acids is 1. The predicted molar refractivity (Wildman–Crippen MR) is 125 cm³/mol. The number of hydrogen-bond donors (Lipinski definition) is 3. The Labute approximate surface area is 185 Å². The Morgan fingerprint density at radius 1 is 1.13 bits per heavy atom. The lowest BCUT2D eigenvalue weighted by molar-refractivity contribution is 0.0962. The lowest BCUT2D eigenvalue weighted by Gasteiger charge is -2.28. The van der Waals surface area contributed by atoms with E-state index in [0.717, 1.165) is 29.1 Å². The molecule has 6 nitrogen and oxygen atoms in total. The summed E-state index contributed by atoms with van der Waals surface area (Å²) < 4.78 is 0. The molecule has 0 spiro atoms. The van der Waals surface area contributed by atoms with Crippen LogP contribution < -0.4 is 5.32 Å². The second-order valence-electron chi connectivity index (χ2n) is 10.3. The van der Waals surface area contributed by atoms with E-state index in [-0.39, 0.29) is 34.7 Å². The highest BCUT2D eigenvalue weighted by Gasteiger charge is 2.31. The van der Waals surface area contributed by atoms with E-state index in [1.54, 1.807) is 17.0 Å². The molecule has 0 radical (unpaired) electrons. The van der Waals surface area contributed by atoms with Crippen LogP contribution in [0.4, 0.5) is 5.82 Å². The number of anilines is 1. The van der Waals surface area contributed by atoms with Crippen LogP contribution in [0.25, 0.3) is 0 Å². The maximum atomic E-state index is 13.3. The molecule has 0 amide bonds. The summed E-state index contributed by atoms with van der Waals surface area (Å²) in [7, 11) is 0. The molecule has 1 aromatic heterocycles. The number of amidine groups is 1. The number of benzene rings is 1. The molecule has 1 aromatic carbocycles. The van der Waals surface area contributed by atoms with Gasteiger partial charge in [0.15, 0.2) is 5.78 Å². The molecule has 0 aliphatic carbocycles. The Bertz CT molecular complexity index is 994. The Morgan fingerprint density at radius 2 is 1.71 bits per heavy atom. The first-order valence-electron chi connectivity index (χ1n) is 10.8. The highest BCUT2D eigenvalue weighted by Crippen LogP contribution is 2.40. The van der Waals surface area contributed by atoms with Gasteiger partial charge in [0.25, 0.3) is 0 Å². The van der Waals surface area contributed by atoms with Crippen molar-refractivity contribution in [1.82, 2.24) is 9.88 Å². The molecule has 31 heavy (non-hydrogen) atoms. The molecule has 0 atom stereocenters. The number of ketones is 1. The number of phenolic OH excluding ortho intramolecular Hbond substituents is 1. The number of carbonyl (C=O) groups is 1. The van der Waals surface area contributed by atoms with Crippen LogP contribution in [0.3, 0.4) is 0 Å². The largest absolute Gasteiger partial charge is 0.507 e. The van der Waals surface area contributed by atoms with Gasteiger partial charge in [-0.1, -0.05) is 47.6 Å². The van der Waals surface area contributed by atoms with E-state index in [1.807, 2.05) is 60.6 Å². The molecule has 3 rings (SSSR count). The minimum Gasteiger partial charge on any atom is -0.507 e. The van der Waals surface area contributed by atoms with Crippen molar-refractivity contribution in [2.24, 2.45) is 0 Å². The molecule has 0 bridgehead atoms. The van der Waals surface area contributed by atoms with Crippen LogP contribution in [0.1, 0.15) is 81.2 Å². The molecule has 3 N–H and O–H groups in total. The third-order valence-corrected chi connectivity index (χ3v) is 5.62. The van der Waals surface area contributed by atoms with Crippen molar-refractivity contribution in [3.8, 4) is 5.75 Å². The molecular weight excluding hydrogens is 388 g/mol. The quantitative estimate of drug-likeness (QED) is 0.600. The molecule has 1 aliphatic rings. The lowest BCUT2D eigenvalue weighted by atomic mass is 9.78. The summed E-state index contributed by atoms with van der Waals surface area (Å²) in [5.74, 6) is 1.20. The number of Topliss-reactive ketones (excluding diaryl/α,β-unsaturated/α-hetero) is 1. The van der Waals surface area contributed by atoms with E-state index >= 15 is 0 Å². The normalized spacial score (nSPS) is 14.0. The number of aromatic hydroxyl groups is 1. The monoisotopic (exact) mass is 422 g/mol. The van der Waals surface area contributed by atoms with Gasteiger partial charge in [-0.2, -0.15) is 0 Å². The van der Waals surface area contributed by atoms with E-state index in [9.17, 15) is 9.90 Å². The first kappa shape index (κ1) is 22.8. The Morgan fingerprint density at radius 3 is 2.23 bits per heavy atom. The van der Waals surface area contributed by atoms with Gasteiger partial charge in [-0.3, -0.25) is 10.2 Å². The van der Waals surface area contributed by atoms with Gasteiger partial charge in [0.1, 0.15) is 23.1 Å². The number of fused-ring (bicyclic) bond motifs is 1. The van der Waals surface area contributed by atoms with E-state index in [1.165, 1.54) is 0 Å². The maximum absolute atomic E-state index is 13.3. The van der Waals surface area contributed by atoms with Gasteiger partial charge in [-0.25, -0.2) is 4.98 Å². The van der Waals surface area contributed by atoms with E-state index in [0.29, 0.717) is 17.8 Å². The summed E-state index contributed by atoms with van der Waals surface area (Å²) in [5, 5.41) is 22.6. The average molecular weight is 423 g/mol. The lowest BCUT2D eigenvalue weighted by Crippen LogP contribution is -2.31. The molecule has 2 aromatic rings. The molecule has 2 heterocycles. The van der Waals surface area contributed by atoms with Gasteiger partial charge in [0.2, 0.25) is 0 Å². The first-order chi connectivity index (χ1) is 14.3. The molecule has 1 aliphatic heterocycles. The Kier molecular flexibility index (Phi) is 5.87. The molecular formula is C25H34N4O2. The first-order valence-corrected chi connectivity index (χ1v) is 10.8. The molecule has 0 saturated carbocycles. The number of pyridine rings is 1. The number of hydrogen-bond acceptors (Lipinski definition) is 5. The van der Waals surface area contributed by atoms with E-state index in [2.05, 4.69) is 10.3 Å². The molecule has 0 fully saturated rings. The predicted octanol–water partition coefficient (Wildman–Crippen LogP) is 4.84. The summed E-state index contributed by atoms with van der Waals surface area (Å²) in [5.41, 5.74) is 3.07.